The van der Waals surface area contributed by atoms with Gasteiger partial charge in [-0.1, -0.05) is 29.1 Å². The molecule has 0 saturated carbocycles. The quantitative estimate of drug-likeness (QED) is 0.157. The highest BCUT2D eigenvalue weighted by atomic mass is 32.2. The van der Waals surface area contributed by atoms with Crippen LogP contribution in [-0.2, 0) is 54.3 Å². The lowest BCUT2D eigenvalue weighted by atomic mass is 10.2. The molecule has 3 aliphatic heterocycles. The van der Waals surface area contributed by atoms with Gasteiger partial charge in [0.2, 0.25) is 0 Å². The van der Waals surface area contributed by atoms with E-state index in [9.17, 15) is 35.2 Å². The Morgan fingerprint density at radius 3 is 1.60 bits per heavy atom. The topological polar surface area (TPSA) is 265 Å². The van der Waals surface area contributed by atoms with Crippen molar-refractivity contribution in [2.24, 2.45) is 9.54 Å². The molecule has 24 heteroatoms. The Hall–Kier alpha value is -2.94. The molecule has 0 aliphatic carbocycles. The van der Waals surface area contributed by atoms with Crippen LogP contribution >= 0.6 is 0 Å². The number of morpholine rings is 3. The predicted octanol–water partition coefficient (Wildman–Crippen LogP) is -2.12. The number of aromatic nitrogens is 1. The SMILES string of the molecule is C1COCCN1.CC(C)(C)OC(=O)NS(=O)(=O)N1CCOCC1.CN(C)c1cc[n+](S(=O)(=O)N=C([O-])OC(C)(C)C)cc1.NS(=O)(=O)N1CCOCC1. The first-order valence-corrected chi connectivity index (χ1v) is 20.8. The fraction of sp³-hybridized carbons (Fsp3) is 0.759. The molecule has 1 amide bonds. The summed E-state index contributed by atoms with van der Waals surface area (Å²) in [6.07, 6.45) is 0.530. The lowest BCUT2D eigenvalue weighted by molar-refractivity contribution is -0.511. The molecular formula is C29H56N8O13S3. The van der Waals surface area contributed by atoms with E-state index in [4.69, 9.17) is 28.8 Å². The van der Waals surface area contributed by atoms with Gasteiger partial charge < -0.3 is 39.0 Å². The van der Waals surface area contributed by atoms with Crippen molar-refractivity contribution in [2.75, 3.05) is 97.9 Å². The van der Waals surface area contributed by atoms with E-state index < -0.39 is 54.0 Å². The second kappa shape index (κ2) is 21.8. The Kier molecular flexibility index (Phi) is 19.8. The molecule has 1 aromatic heterocycles. The van der Waals surface area contributed by atoms with Crippen molar-refractivity contribution in [1.29, 1.82) is 0 Å². The van der Waals surface area contributed by atoms with E-state index in [0.29, 0.717) is 39.5 Å². The van der Waals surface area contributed by atoms with E-state index in [1.54, 1.807) is 53.7 Å². The first kappa shape index (κ1) is 48.1. The van der Waals surface area contributed by atoms with Gasteiger partial charge in [0.05, 0.1) is 39.6 Å². The van der Waals surface area contributed by atoms with Crippen LogP contribution in [0.25, 0.3) is 0 Å². The minimum absolute atomic E-state index is 0.234. The van der Waals surface area contributed by atoms with Gasteiger partial charge in [0.15, 0.2) is 18.5 Å². The van der Waals surface area contributed by atoms with Crippen molar-refractivity contribution in [1.82, 2.24) is 18.6 Å². The van der Waals surface area contributed by atoms with E-state index in [1.807, 2.05) is 23.7 Å². The third kappa shape index (κ3) is 21.5. The number of anilines is 1. The molecule has 0 bridgehead atoms. The Balaban J connectivity index is 0.000000381. The molecule has 3 saturated heterocycles. The number of nitrogens with one attached hydrogen (secondary N) is 2. The van der Waals surface area contributed by atoms with E-state index >= 15 is 0 Å². The van der Waals surface area contributed by atoms with Gasteiger partial charge in [-0.3, -0.25) is 0 Å². The minimum Gasteiger partial charge on any atom is -0.594 e. The average molecular weight is 821 g/mol. The molecule has 0 unspecified atom stereocenters. The highest BCUT2D eigenvalue weighted by Gasteiger charge is 2.28. The molecule has 3 aliphatic rings. The van der Waals surface area contributed by atoms with Gasteiger partial charge in [0.1, 0.15) is 5.60 Å². The maximum absolute atomic E-state index is 11.9. The highest BCUT2D eigenvalue weighted by Crippen LogP contribution is 2.10. The van der Waals surface area contributed by atoms with Gasteiger partial charge in [-0.25, -0.2) is 14.7 Å². The molecule has 308 valence electrons. The van der Waals surface area contributed by atoms with Crippen LogP contribution in [-0.4, -0.2) is 150 Å². The number of pyridine rings is 1. The molecule has 4 N–H and O–H groups in total. The van der Waals surface area contributed by atoms with E-state index in [2.05, 4.69) is 9.71 Å². The van der Waals surface area contributed by atoms with Gasteiger partial charge in [-0.2, -0.15) is 25.4 Å². The normalized spacial score (nSPS) is 18.0. The van der Waals surface area contributed by atoms with Crippen LogP contribution in [0.4, 0.5) is 10.5 Å². The van der Waals surface area contributed by atoms with Gasteiger partial charge >= 0.3 is 26.5 Å². The lowest BCUT2D eigenvalue weighted by Crippen LogP contribution is -2.49. The van der Waals surface area contributed by atoms with Crippen molar-refractivity contribution in [3.8, 4) is 0 Å². The van der Waals surface area contributed by atoms with Gasteiger partial charge in [-0.05, 0) is 20.8 Å². The van der Waals surface area contributed by atoms with Crippen molar-refractivity contribution >= 4 is 48.5 Å². The summed E-state index contributed by atoms with van der Waals surface area (Å²) in [6.45, 7) is 16.5. The lowest BCUT2D eigenvalue weighted by Gasteiger charge is -2.28. The molecule has 21 nitrogen and oxygen atoms in total. The zero-order valence-electron chi connectivity index (χ0n) is 31.6. The summed E-state index contributed by atoms with van der Waals surface area (Å²) >= 11 is 0. The first-order chi connectivity index (χ1) is 24.3. The molecule has 0 aromatic carbocycles. The Morgan fingerprint density at radius 1 is 0.830 bits per heavy atom. The second-order valence-electron chi connectivity index (χ2n) is 13.4. The third-order valence-electron chi connectivity index (χ3n) is 6.25. The van der Waals surface area contributed by atoms with Crippen molar-refractivity contribution in [3.63, 3.8) is 0 Å². The standard InChI is InChI=1S/C12H19N3O4S.C9H18N2O5S.C4H10N2O3S.C4H9NO/c1-12(2,3)19-11(16)13-20(17,18)15-8-6-10(7-9-15)14(4)5;1-9(2,3)16-8(12)10-17(13,14)11-4-6-15-7-5-11;5-10(7,8)6-1-3-9-4-2-6;1-3-6-4-2-5-1/h6-9H,1-5H3;4-7H2,1-3H3,(H,10,12);1-4H2,(H2,5,7,8);5H,1-4H2. The number of nitrogens with zero attached hydrogens (tertiary/aromatic N) is 5. The average Bonchev–Trinajstić information content (AvgIpc) is 3.05. The fourth-order valence-electron chi connectivity index (χ4n) is 3.85. The number of carbonyl (C=O) groups is 1. The van der Waals surface area contributed by atoms with E-state index in [-0.39, 0.29) is 13.1 Å². The summed E-state index contributed by atoms with van der Waals surface area (Å²) in [5.41, 5.74) is -0.700. The second-order valence-corrected chi connectivity index (χ2v) is 18.1. The van der Waals surface area contributed by atoms with Gasteiger partial charge in [0, 0.05) is 76.8 Å². The van der Waals surface area contributed by atoms with E-state index in [0.717, 1.165) is 40.3 Å². The summed E-state index contributed by atoms with van der Waals surface area (Å²) in [4.78, 5) is 13.2. The number of carbonyl (C=O) groups excluding carboxylic acids is 1. The van der Waals surface area contributed by atoms with E-state index in [1.165, 1.54) is 16.7 Å². The first-order valence-electron chi connectivity index (χ1n) is 16.5. The summed E-state index contributed by atoms with van der Waals surface area (Å²) in [5, 5.41) is 19.4. The fourth-order valence-corrected chi connectivity index (χ4v) is 6.27. The molecule has 1 aromatic rings. The van der Waals surface area contributed by atoms with Crippen LogP contribution in [0.5, 0.6) is 0 Å². The van der Waals surface area contributed by atoms with Crippen LogP contribution in [0.2, 0.25) is 0 Å². The Morgan fingerprint density at radius 2 is 1.26 bits per heavy atom. The largest absolute Gasteiger partial charge is 0.594 e. The molecule has 0 atom stereocenters. The molecule has 53 heavy (non-hydrogen) atoms. The molecule has 3 fully saturated rings. The summed E-state index contributed by atoms with van der Waals surface area (Å²) < 4.78 is 101. The minimum atomic E-state index is -4.13. The van der Waals surface area contributed by atoms with Gasteiger partial charge in [-0.15, -0.1) is 8.42 Å². The van der Waals surface area contributed by atoms with Gasteiger partial charge in [0.25, 0.3) is 10.2 Å². The van der Waals surface area contributed by atoms with Crippen LogP contribution in [0.3, 0.4) is 0 Å². The molecule has 4 heterocycles. The van der Waals surface area contributed by atoms with Crippen LogP contribution in [0.15, 0.2) is 28.9 Å². The maximum atomic E-state index is 11.9. The zero-order valence-corrected chi connectivity index (χ0v) is 34.1. The summed E-state index contributed by atoms with van der Waals surface area (Å²) in [6, 6.07) is 3.20. The zero-order chi connectivity index (χ0) is 40.5. The number of rotatable bonds is 6. The number of hydrogen-bond acceptors (Lipinski definition) is 15. The maximum Gasteiger partial charge on any atom is 0.493 e. The number of ether oxygens (including phenoxy) is 5. The highest BCUT2D eigenvalue weighted by molar-refractivity contribution is 7.87. The van der Waals surface area contributed by atoms with Crippen molar-refractivity contribution < 1.29 is 62.8 Å². The summed E-state index contributed by atoms with van der Waals surface area (Å²) in [5.74, 6) is 0. The summed E-state index contributed by atoms with van der Waals surface area (Å²) in [7, 11) is -7.76. The molecular weight excluding hydrogens is 765 g/mol. The number of nitrogens with two attached hydrogens (primary N) is 1. The smallest absolute Gasteiger partial charge is 0.493 e. The van der Waals surface area contributed by atoms with Crippen LogP contribution < -0.4 is 29.2 Å². The van der Waals surface area contributed by atoms with Crippen LogP contribution in [0, 0.1) is 0 Å². The monoisotopic (exact) mass is 820 g/mol. The number of amides is 1. The predicted molar refractivity (Wildman–Crippen MR) is 193 cm³/mol. The Labute approximate surface area is 313 Å². The molecule has 4 rings (SSSR count). The molecule has 0 radical (unpaired) electrons. The third-order valence-corrected chi connectivity index (χ3v) is 9.96. The van der Waals surface area contributed by atoms with Crippen LogP contribution in [0.1, 0.15) is 41.5 Å². The Bertz CT molecular complexity index is 1590. The molecule has 0 spiro atoms. The van der Waals surface area contributed by atoms with Crippen molar-refractivity contribution in [3.05, 3.63) is 24.5 Å². The number of hydrogen-bond donors (Lipinski definition) is 3. The van der Waals surface area contributed by atoms with Crippen molar-refractivity contribution in [2.45, 2.75) is 52.7 Å².